The lowest BCUT2D eigenvalue weighted by atomic mass is 9.98. The van der Waals surface area contributed by atoms with Gasteiger partial charge in [-0.05, 0) is 25.1 Å². The van der Waals surface area contributed by atoms with Gasteiger partial charge in [-0.15, -0.1) is 10.2 Å². The van der Waals surface area contributed by atoms with E-state index < -0.39 is 11.9 Å². The molecule has 1 aliphatic heterocycles. The van der Waals surface area contributed by atoms with E-state index in [9.17, 15) is 9.59 Å². The maximum absolute atomic E-state index is 13.6. The molecule has 1 unspecified atom stereocenters. The Morgan fingerprint density at radius 3 is 2.58 bits per heavy atom. The van der Waals surface area contributed by atoms with Gasteiger partial charge in [0.2, 0.25) is 10.9 Å². The molecular formula is C22H17N3O5S. The van der Waals surface area contributed by atoms with Gasteiger partial charge in [0.15, 0.2) is 5.43 Å². The molecule has 1 atom stereocenters. The molecule has 0 spiro atoms. The van der Waals surface area contributed by atoms with Gasteiger partial charge in [-0.2, -0.15) is 0 Å². The summed E-state index contributed by atoms with van der Waals surface area (Å²) in [6.45, 7) is 1.80. The van der Waals surface area contributed by atoms with Crippen LogP contribution in [0.4, 0.5) is 5.13 Å². The van der Waals surface area contributed by atoms with Crippen molar-refractivity contribution in [3.05, 3.63) is 74.6 Å². The summed E-state index contributed by atoms with van der Waals surface area (Å²) >= 11 is 1.27. The highest BCUT2D eigenvalue weighted by Crippen LogP contribution is 2.44. The lowest BCUT2D eigenvalue weighted by Gasteiger charge is -2.23. The van der Waals surface area contributed by atoms with Crippen LogP contribution in [0, 0.1) is 6.92 Å². The Labute approximate surface area is 180 Å². The van der Waals surface area contributed by atoms with Crippen LogP contribution in [-0.4, -0.2) is 30.3 Å². The van der Waals surface area contributed by atoms with E-state index in [1.54, 1.807) is 38.3 Å². The fourth-order valence-corrected chi connectivity index (χ4v) is 4.56. The number of aromatic nitrogens is 2. The van der Waals surface area contributed by atoms with E-state index in [0.717, 1.165) is 0 Å². The van der Waals surface area contributed by atoms with Crippen LogP contribution in [0.1, 0.15) is 32.7 Å². The first kappa shape index (κ1) is 19.3. The predicted octanol–water partition coefficient (Wildman–Crippen LogP) is 3.72. The van der Waals surface area contributed by atoms with Gasteiger partial charge < -0.3 is 13.9 Å². The summed E-state index contributed by atoms with van der Waals surface area (Å²) in [5.74, 6) is 0.603. The summed E-state index contributed by atoms with van der Waals surface area (Å²) < 4.78 is 16.7. The Hall–Kier alpha value is -3.72. The second-order valence-corrected chi connectivity index (χ2v) is 8.12. The van der Waals surface area contributed by atoms with Crippen LogP contribution in [0.2, 0.25) is 0 Å². The van der Waals surface area contributed by atoms with Crippen LogP contribution in [0.15, 0.2) is 51.7 Å². The van der Waals surface area contributed by atoms with Crippen molar-refractivity contribution < 1.29 is 18.7 Å². The number of carbonyl (C=O) groups is 1. The topological polar surface area (TPSA) is 94.8 Å². The highest BCUT2D eigenvalue weighted by Gasteiger charge is 2.46. The van der Waals surface area contributed by atoms with Gasteiger partial charge in [0.25, 0.3) is 5.91 Å². The second kappa shape index (κ2) is 7.21. The molecule has 5 rings (SSSR count). The fourth-order valence-electron chi connectivity index (χ4n) is 3.85. The van der Waals surface area contributed by atoms with Gasteiger partial charge in [0, 0.05) is 11.6 Å². The first-order valence-electron chi connectivity index (χ1n) is 9.44. The van der Waals surface area contributed by atoms with Gasteiger partial charge in [0.05, 0.1) is 25.2 Å². The lowest BCUT2D eigenvalue weighted by molar-refractivity contribution is 0.0970. The van der Waals surface area contributed by atoms with Gasteiger partial charge >= 0.3 is 0 Å². The van der Waals surface area contributed by atoms with Crippen molar-refractivity contribution in [3.8, 4) is 11.5 Å². The van der Waals surface area contributed by atoms with E-state index in [0.29, 0.717) is 32.6 Å². The van der Waals surface area contributed by atoms with Crippen molar-refractivity contribution in [3.63, 3.8) is 0 Å². The van der Waals surface area contributed by atoms with E-state index >= 15 is 0 Å². The highest BCUT2D eigenvalue weighted by molar-refractivity contribution is 7.15. The zero-order valence-electron chi connectivity index (χ0n) is 16.9. The molecule has 8 nitrogen and oxygen atoms in total. The quantitative estimate of drug-likeness (QED) is 0.482. The van der Waals surface area contributed by atoms with Crippen LogP contribution in [0.3, 0.4) is 0 Å². The number of hydrogen-bond donors (Lipinski definition) is 0. The summed E-state index contributed by atoms with van der Waals surface area (Å²) in [7, 11) is 3.07. The van der Waals surface area contributed by atoms with Crippen LogP contribution in [-0.2, 0) is 0 Å². The summed E-state index contributed by atoms with van der Waals surface area (Å²) in [6, 6.07) is 11.4. The molecule has 3 heterocycles. The molecule has 1 amide bonds. The predicted molar refractivity (Wildman–Crippen MR) is 115 cm³/mol. The molecule has 1 aliphatic rings. The van der Waals surface area contributed by atoms with Gasteiger partial charge in [-0.1, -0.05) is 29.5 Å². The van der Waals surface area contributed by atoms with Crippen LogP contribution in [0.25, 0.3) is 11.0 Å². The van der Waals surface area contributed by atoms with Crippen molar-refractivity contribution >= 4 is 33.3 Å². The number of hydrogen-bond acceptors (Lipinski definition) is 8. The van der Waals surface area contributed by atoms with Crippen molar-refractivity contribution in [1.82, 2.24) is 10.2 Å². The van der Waals surface area contributed by atoms with Crippen LogP contribution in [0.5, 0.6) is 11.5 Å². The molecule has 0 fully saturated rings. The molecule has 0 N–H and O–H groups in total. The Kier molecular flexibility index (Phi) is 4.48. The first-order valence-corrected chi connectivity index (χ1v) is 10.3. The fraction of sp³-hybridized carbons (Fsp3) is 0.182. The smallest absolute Gasteiger partial charge is 0.297 e. The zero-order chi connectivity index (χ0) is 21.7. The average molecular weight is 435 g/mol. The standard InChI is InChI=1S/C22H17N3O5S/c1-11-23-24-22(31-11)25-18(13-6-4-5-7-15(13)29-3)17-19(26)14-9-8-12(28-2)10-16(14)30-20(17)21(25)27/h4-10,18H,1-3H3. The van der Waals surface area contributed by atoms with Gasteiger partial charge in [-0.25, -0.2) is 0 Å². The number of benzene rings is 2. The molecule has 4 aromatic rings. The number of para-hydroxylation sites is 1. The molecule has 9 heteroatoms. The number of carbonyl (C=O) groups excluding carboxylic acids is 1. The number of ether oxygens (including phenoxy) is 2. The van der Waals surface area contributed by atoms with Crippen LogP contribution < -0.4 is 19.8 Å². The van der Waals surface area contributed by atoms with E-state index in [4.69, 9.17) is 13.9 Å². The monoisotopic (exact) mass is 435 g/mol. The number of amides is 1. The molecule has 0 aliphatic carbocycles. The molecule has 0 bridgehead atoms. The number of aryl methyl sites for hydroxylation is 1. The SMILES string of the molecule is COc1ccc2c(=O)c3c(oc2c1)C(=O)N(c1nnc(C)s1)C3c1ccccc1OC. The second-order valence-electron chi connectivity index (χ2n) is 6.96. The minimum atomic E-state index is -0.756. The number of methoxy groups -OCH3 is 2. The molecule has 156 valence electrons. The molecule has 2 aromatic heterocycles. The van der Waals surface area contributed by atoms with Crippen LogP contribution >= 0.6 is 11.3 Å². The molecule has 0 saturated heterocycles. The van der Waals surface area contributed by atoms with E-state index in [1.165, 1.54) is 23.3 Å². The van der Waals surface area contributed by atoms with Crippen molar-refractivity contribution in [2.45, 2.75) is 13.0 Å². The Balaban J connectivity index is 1.83. The summed E-state index contributed by atoms with van der Waals surface area (Å²) in [5.41, 5.74) is 0.905. The van der Waals surface area contributed by atoms with E-state index in [1.807, 2.05) is 18.2 Å². The number of fused-ring (bicyclic) bond motifs is 2. The Morgan fingerprint density at radius 1 is 1.06 bits per heavy atom. The third kappa shape index (κ3) is 2.89. The van der Waals surface area contributed by atoms with Gasteiger partial charge in [0.1, 0.15) is 28.1 Å². The molecular weight excluding hydrogens is 418 g/mol. The van der Waals surface area contributed by atoms with E-state index in [2.05, 4.69) is 10.2 Å². The Morgan fingerprint density at radius 2 is 1.87 bits per heavy atom. The normalized spacial score (nSPS) is 15.4. The molecule has 0 radical (unpaired) electrons. The minimum absolute atomic E-state index is 0.0190. The maximum Gasteiger partial charge on any atom is 0.297 e. The Bertz CT molecular complexity index is 1390. The number of anilines is 1. The molecule has 0 saturated carbocycles. The first-order chi connectivity index (χ1) is 15.0. The number of nitrogens with zero attached hydrogens (tertiary/aromatic N) is 3. The largest absolute Gasteiger partial charge is 0.497 e. The minimum Gasteiger partial charge on any atom is -0.497 e. The van der Waals surface area contributed by atoms with Crippen molar-refractivity contribution in [2.24, 2.45) is 0 Å². The molecule has 2 aromatic carbocycles. The number of rotatable bonds is 4. The van der Waals surface area contributed by atoms with E-state index in [-0.39, 0.29) is 22.3 Å². The summed E-state index contributed by atoms with van der Waals surface area (Å²) in [6.07, 6.45) is 0. The average Bonchev–Trinajstić information content (AvgIpc) is 3.34. The zero-order valence-corrected chi connectivity index (χ0v) is 17.7. The van der Waals surface area contributed by atoms with Crippen molar-refractivity contribution in [2.75, 3.05) is 19.1 Å². The molecule has 31 heavy (non-hydrogen) atoms. The summed E-state index contributed by atoms with van der Waals surface area (Å²) in [4.78, 5) is 28.5. The van der Waals surface area contributed by atoms with Crippen molar-refractivity contribution in [1.29, 1.82) is 0 Å². The van der Waals surface area contributed by atoms with Gasteiger partial charge in [-0.3, -0.25) is 14.5 Å². The maximum atomic E-state index is 13.6. The highest BCUT2D eigenvalue weighted by atomic mass is 32.1. The summed E-state index contributed by atoms with van der Waals surface area (Å²) in [5, 5.41) is 9.65. The third-order valence-electron chi connectivity index (χ3n) is 5.23. The lowest BCUT2D eigenvalue weighted by Crippen LogP contribution is -2.29. The third-order valence-corrected chi connectivity index (χ3v) is 6.07.